The molecular formula is C20H21FN2O3. The molecule has 0 saturated heterocycles. The Labute approximate surface area is 151 Å². The number of fused-ring (bicyclic) bond motifs is 1. The third-order valence-electron chi connectivity index (χ3n) is 4.61. The molecule has 1 aliphatic rings. The summed E-state index contributed by atoms with van der Waals surface area (Å²) >= 11 is 0. The van der Waals surface area contributed by atoms with Crippen LogP contribution in [0.25, 0.3) is 0 Å². The highest BCUT2D eigenvalue weighted by molar-refractivity contribution is 5.96. The van der Waals surface area contributed by atoms with Gasteiger partial charge in [-0.25, -0.2) is 9.18 Å². The zero-order valence-corrected chi connectivity index (χ0v) is 14.4. The van der Waals surface area contributed by atoms with Gasteiger partial charge in [0.1, 0.15) is 5.82 Å². The molecule has 0 fully saturated rings. The summed E-state index contributed by atoms with van der Waals surface area (Å²) in [6.45, 7) is 3.21. The highest BCUT2D eigenvalue weighted by atomic mass is 19.1. The zero-order valence-electron chi connectivity index (χ0n) is 14.4. The summed E-state index contributed by atoms with van der Waals surface area (Å²) in [5.41, 5.74) is 2.44. The van der Waals surface area contributed by atoms with Crippen LogP contribution in [0.1, 0.15) is 38.3 Å². The predicted octanol–water partition coefficient (Wildman–Crippen LogP) is 2.70. The van der Waals surface area contributed by atoms with E-state index in [-0.39, 0.29) is 11.1 Å². The lowest BCUT2D eigenvalue weighted by Gasteiger charge is -2.28. The first kappa shape index (κ1) is 18.1. The molecule has 1 heterocycles. The van der Waals surface area contributed by atoms with Gasteiger partial charge in [0.05, 0.1) is 11.1 Å². The standard InChI is InChI=1S/C20H21FN2O3/c21-18-12-15(20(25)26)6-7-17(18)19(24)22-9-3-10-23-11-8-14-4-1-2-5-16(14)13-23/h1-2,4-7,12H,3,8-11,13H2,(H,22,24)(H,25,26). The van der Waals surface area contributed by atoms with Crippen molar-refractivity contribution in [3.05, 3.63) is 70.5 Å². The number of aromatic carboxylic acids is 1. The van der Waals surface area contributed by atoms with Crippen LogP contribution in [0, 0.1) is 5.82 Å². The summed E-state index contributed by atoms with van der Waals surface area (Å²) in [4.78, 5) is 25.2. The number of benzene rings is 2. The Morgan fingerprint density at radius 3 is 2.65 bits per heavy atom. The monoisotopic (exact) mass is 356 g/mol. The van der Waals surface area contributed by atoms with E-state index in [9.17, 15) is 14.0 Å². The van der Waals surface area contributed by atoms with Crippen LogP contribution < -0.4 is 5.32 Å². The number of hydrogen-bond acceptors (Lipinski definition) is 3. The Kier molecular flexibility index (Phi) is 5.63. The van der Waals surface area contributed by atoms with Gasteiger partial charge in [0.25, 0.3) is 5.91 Å². The number of hydrogen-bond donors (Lipinski definition) is 2. The molecule has 2 N–H and O–H groups in total. The largest absolute Gasteiger partial charge is 0.478 e. The quantitative estimate of drug-likeness (QED) is 0.781. The van der Waals surface area contributed by atoms with Gasteiger partial charge in [-0.1, -0.05) is 24.3 Å². The molecule has 0 aromatic heterocycles. The Bertz CT molecular complexity index is 822. The molecular weight excluding hydrogens is 335 g/mol. The first-order valence-electron chi connectivity index (χ1n) is 8.65. The maximum atomic E-state index is 13.9. The van der Waals surface area contributed by atoms with Crippen molar-refractivity contribution in [2.45, 2.75) is 19.4 Å². The van der Waals surface area contributed by atoms with Gasteiger partial charge in [0.2, 0.25) is 0 Å². The number of nitrogens with zero attached hydrogens (tertiary/aromatic N) is 1. The molecule has 6 heteroatoms. The maximum Gasteiger partial charge on any atom is 0.335 e. The fraction of sp³-hybridized carbons (Fsp3) is 0.300. The molecule has 0 aliphatic carbocycles. The molecule has 0 atom stereocenters. The minimum absolute atomic E-state index is 0.137. The molecule has 0 bridgehead atoms. The molecule has 5 nitrogen and oxygen atoms in total. The first-order valence-corrected chi connectivity index (χ1v) is 8.65. The number of carbonyl (C=O) groups is 2. The summed E-state index contributed by atoms with van der Waals surface area (Å²) in [7, 11) is 0. The predicted molar refractivity (Wildman–Crippen MR) is 95.7 cm³/mol. The highest BCUT2D eigenvalue weighted by Gasteiger charge is 2.16. The van der Waals surface area contributed by atoms with E-state index in [4.69, 9.17) is 5.11 Å². The van der Waals surface area contributed by atoms with E-state index >= 15 is 0 Å². The van der Waals surface area contributed by atoms with Crippen LogP contribution in [0.4, 0.5) is 4.39 Å². The fourth-order valence-corrected chi connectivity index (χ4v) is 3.18. The van der Waals surface area contributed by atoms with Crippen molar-refractivity contribution in [2.75, 3.05) is 19.6 Å². The first-order chi connectivity index (χ1) is 12.5. The van der Waals surface area contributed by atoms with Gasteiger partial charge in [0.15, 0.2) is 0 Å². The molecule has 1 amide bonds. The maximum absolute atomic E-state index is 13.9. The summed E-state index contributed by atoms with van der Waals surface area (Å²) in [6, 6.07) is 11.7. The van der Waals surface area contributed by atoms with E-state index in [2.05, 4.69) is 28.4 Å². The van der Waals surface area contributed by atoms with Gasteiger partial charge in [0, 0.05) is 26.2 Å². The van der Waals surface area contributed by atoms with Crippen LogP contribution in [0.3, 0.4) is 0 Å². The number of carbonyl (C=O) groups excluding carboxylic acids is 1. The summed E-state index contributed by atoms with van der Waals surface area (Å²) in [5, 5.41) is 11.5. The lowest BCUT2D eigenvalue weighted by Crippen LogP contribution is -2.33. The molecule has 0 radical (unpaired) electrons. The van der Waals surface area contributed by atoms with Crippen molar-refractivity contribution < 1.29 is 19.1 Å². The summed E-state index contributed by atoms with van der Waals surface area (Å²) < 4.78 is 13.9. The van der Waals surface area contributed by atoms with Gasteiger partial charge < -0.3 is 10.4 Å². The van der Waals surface area contributed by atoms with E-state index < -0.39 is 17.7 Å². The highest BCUT2D eigenvalue weighted by Crippen LogP contribution is 2.18. The minimum atomic E-state index is -1.22. The fourth-order valence-electron chi connectivity index (χ4n) is 3.18. The Balaban J connectivity index is 1.45. The van der Waals surface area contributed by atoms with Crippen LogP contribution in [-0.4, -0.2) is 41.5 Å². The molecule has 0 unspecified atom stereocenters. The normalized spacial score (nSPS) is 13.9. The van der Waals surface area contributed by atoms with Crippen molar-refractivity contribution in [3.8, 4) is 0 Å². The third-order valence-corrected chi connectivity index (χ3v) is 4.61. The van der Waals surface area contributed by atoms with Crippen molar-refractivity contribution in [1.82, 2.24) is 10.2 Å². The van der Waals surface area contributed by atoms with Crippen LogP contribution >= 0.6 is 0 Å². The van der Waals surface area contributed by atoms with Crippen molar-refractivity contribution in [3.63, 3.8) is 0 Å². The minimum Gasteiger partial charge on any atom is -0.478 e. The topological polar surface area (TPSA) is 69.6 Å². The number of nitrogens with one attached hydrogen (secondary N) is 1. The van der Waals surface area contributed by atoms with Gasteiger partial charge in [-0.3, -0.25) is 9.69 Å². The van der Waals surface area contributed by atoms with E-state index in [1.165, 1.54) is 23.3 Å². The molecule has 0 saturated carbocycles. The number of carboxylic acid groups (broad SMARTS) is 1. The van der Waals surface area contributed by atoms with Gasteiger partial charge in [-0.2, -0.15) is 0 Å². The van der Waals surface area contributed by atoms with Crippen LogP contribution in [0.15, 0.2) is 42.5 Å². The second kappa shape index (κ2) is 8.10. The number of amides is 1. The second-order valence-electron chi connectivity index (χ2n) is 6.40. The van der Waals surface area contributed by atoms with Gasteiger partial charge >= 0.3 is 5.97 Å². The SMILES string of the molecule is O=C(O)c1ccc(C(=O)NCCCN2CCc3ccccc3C2)c(F)c1. The molecule has 0 spiro atoms. The molecule has 2 aromatic rings. The molecule has 26 heavy (non-hydrogen) atoms. The zero-order chi connectivity index (χ0) is 18.5. The average molecular weight is 356 g/mol. The van der Waals surface area contributed by atoms with Crippen molar-refractivity contribution in [2.24, 2.45) is 0 Å². The third kappa shape index (κ3) is 4.26. The Morgan fingerprint density at radius 2 is 1.92 bits per heavy atom. The van der Waals surface area contributed by atoms with E-state index in [1.807, 2.05) is 6.07 Å². The van der Waals surface area contributed by atoms with Crippen molar-refractivity contribution >= 4 is 11.9 Å². The number of rotatable bonds is 6. The molecule has 1 aliphatic heterocycles. The average Bonchev–Trinajstić information content (AvgIpc) is 2.64. The van der Waals surface area contributed by atoms with Crippen LogP contribution in [0.5, 0.6) is 0 Å². The van der Waals surface area contributed by atoms with E-state index in [1.54, 1.807) is 0 Å². The number of carboxylic acids is 1. The van der Waals surface area contributed by atoms with E-state index in [0.717, 1.165) is 38.5 Å². The summed E-state index contributed by atoms with van der Waals surface area (Å²) in [6.07, 6.45) is 1.80. The van der Waals surface area contributed by atoms with Crippen LogP contribution in [-0.2, 0) is 13.0 Å². The van der Waals surface area contributed by atoms with Crippen molar-refractivity contribution in [1.29, 1.82) is 0 Å². The van der Waals surface area contributed by atoms with Gasteiger partial charge in [-0.15, -0.1) is 0 Å². The molecule has 136 valence electrons. The van der Waals surface area contributed by atoms with Crippen LogP contribution in [0.2, 0.25) is 0 Å². The molecule has 3 rings (SSSR count). The summed E-state index contributed by atoms with van der Waals surface area (Å²) in [5.74, 6) is -2.57. The lowest BCUT2D eigenvalue weighted by molar-refractivity contribution is 0.0695. The lowest BCUT2D eigenvalue weighted by atomic mass is 10.00. The second-order valence-corrected chi connectivity index (χ2v) is 6.40. The smallest absolute Gasteiger partial charge is 0.335 e. The van der Waals surface area contributed by atoms with Gasteiger partial charge in [-0.05, 0) is 42.2 Å². The molecule has 2 aromatic carbocycles. The Morgan fingerprint density at radius 1 is 1.15 bits per heavy atom. The van der Waals surface area contributed by atoms with E-state index in [0.29, 0.717) is 6.54 Å². The number of halogens is 1. The Hall–Kier alpha value is -2.73.